The fourth-order valence-electron chi connectivity index (χ4n) is 3.43. The zero-order chi connectivity index (χ0) is 17.0. The predicted octanol–water partition coefficient (Wildman–Crippen LogP) is 2.55. The van der Waals surface area contributed by atoms with E-state index in [2.05, 4.69) is 15.7 Å². The molecule has 24 heavy (non-hydrogen) atoms. The van der Waals surface area contributed by atoms with E-state index >= 15 is 0 Å². The van der Waals surface area contributed by atoms with Gasteiger partial charge in [0.15, 0.2) is 0 Å². The molecular formula is C18H26N4O2. The van der Waals surface area contributed by atoms with Gasteiger partial charge in [-0.3, -0.25) is 4.68 Å². The Balaban J connectivity index is 1.56. The molecule has 0 bridgehead atoms. The van der Waals surface area contributed by atoms with Crippen LogP contribution in [0.3, 0.4) is 0 Å². The third-order valence-electron chi connectivity index (χ3n) is 4.81. The monoisotopic (exact) mass is 330 g/mol. The van der Waals surface area contributed by atoms with Crippen LogP contribution in [0.15, 0.2) is 24.3 Å². The van der Waals surface area contributed by atoms with Gasteiger partial charge < -0.3 is 15.7 Å². The Labute approximate surface area is 142 Å². The molecule has 6 nitrogen and oxygen atoms in total. The van der Waals surface area contributed by atoms with Crippen molar-refractivity contribution in [3.8, 4) is 0 Å². The molecule has 0 unspecified atom stereocenters. The maximum Gasteiger partial charge on any atom is 0.315 e. The van der Waals surface area contributed by atoms with Gasteiger partial charge in [-0.2, -0.15) is 5.10 Å². The first-order valence-corrected chi connectivity index (χ1v) is 8.80. The van der Waals surface area contributed by atoms with Crippen LogP contribution in [0.5, 0.6) is 0 Å². The number of urea groups is 1. The van der Waals surface area contributed by atoms with Gasteiger partial charge in [0, 0.05) is 18.5 Å². The summed E-state index contributed by atoms with van der Waals surface area (Å²) in [5.74, 6) is 0. The number of aliphatic hydroxyl groups is 1. The van der Waals surface area contributed by atoms with Crippen molar-refractivity contribution in [2.24, 2.45) is 0 Å². The van der Waals surface area contributed by atoms with Gasteiger partial charge in [0.2, 0.25) is 0 Å². The van der Waals surface area contributed by atoms with Crippen LogP contribution in [-0.4, -0.2) is 33.1 Å². The van der Waals surface area contributed by atoms with Gasteiger partial charge in [0.25, 0.3) is 0 Å². The number of rotatable bonds is 5. The number of fused-ring (bicyclic) bond motifs is 1. The van der Waals surface area contributed by atoms with Crippen molar-refractivity contribution < 1.29 is 9.90 Å². The Bertz CT molecular complexity index is 704. The minimum absolute atomic E-state index is 0.260. The van der Waals surface area contributed by atoms with Crippen molar-refractivity contribution in [1.82, 2.24) is 20.4 Å². The first-order valence-electron chi connectivity index (χ1n) is 8.80. The highest BCUT2D eigenvalue weighted by molar-refractivity contribution is 5.82. The second kappa shape index (κ2) is 7.21. The number of benzene rings is 1. The summed E-state index contributed by atoms with van der Waals surface area (Å²) >= 11 is 0. The summed E-state index contributed by atoms with van der Waals surface area (Å²) in [6, 6.07) is 7.77. The second-order valence-corrected chi connectivity index (χ2v) is 6.60. The van der Waals surface area contributed by atoms with E-state index in [0.29, 0.717) is 13.1 Å². The van der Waals surface area contributed by atoms with E-state index < -0.39 is 5.60 Å². The van der Waals surface area contributed by atoms with Crippen molar-refractivity contribution in [3.05, 3.63) is 30.0 Å². The Kier molecular flexibility index (Phi) is 5.04. The first-order chi connectivity index (χ1) is 11.6. The molecular weight excluding hydrogens is 304 g/mol. The number of amides is 2. The van der Waals surface area contributed by atoms with Gasteiger partial charge in [0.05, 0.1) is 23.4 Å². The van der Waals surface area contributed by atoms with Crippen molar-refractivity contribution in [2.45, 2.75) is 57.7 Å². The molecule has 1 aromatic carbocycles. The van der Waals surface area contributed by atoms with Crippen molar-refractivity contribution in [1.29, 1.82) is 0 Å². The molecule has 2 aromatic rings. The number of aryl methyl sites for hydroxylation is 1. The van der Waals surface area contributed by atoms with Crippen molar-refractivity contribution >= 4 is 16.9 Å². The summed E-state index contributed by atoms with van der Waals surface area (Å²) in [6.07, 6.45) is 4.75. The lowest BCUT2D eigenvalue weighted by Gasteiger charge is -2.32. The molecule has 3 N–H and O–H groups in total. The van der Waals surface area contributed by atoms with Crippen LogP contribution >= 0.6 is 0 Å². The van der Waals surface area contributed by atoms with E-state index in [1.807, 2.05) is 35.9 Å². The van der Waals surface area contributed by atoms with Crippen LogP contribution < -0.4 is 10.6 Å². The molecule has 1 aromatic heterocycles. The average molecular weight is 330 g/mol. The van der Waals surface area contributed by atoms with Crippen molar-refractivity contribution in [3.63, 3.8) is 0 Å². The summed E-state index contributed by atoms with van der Waals surface area (Å²) in [5.41, 5.74) is 1.19. The molecule has 0 radical (unpaired) electrons. The first kappa shape index (κ1) is 16.8. The van der Waals surface area contributed by atoms with Crippen LogP contribution in [0.25, 0.3) is 10.9 Å². The summed E-state index contributed by atoms with van der Waals surface area (Å²) < 4.78 is 1.94. The Morgan fingerprint density at radius 2 is 2.00 bits per heavy atom. The fourth-order valence-corrected chi connectivity index (χ4v) is 3.43. The van der Waals surface area contributed by atoms with Gasteiger partial charge >= 0.3 is 6.03 Å². The quantitative estimate of drug-likeness (QED) is 0.788. The number of para-hydroxylation sites is 1. The van der Waals surface area contributed by atoms with Crippen molar-refractivity contribution in [2.75, 3.05) is 6.54 Å². The smallest absolute Gasteiger partial charge is 0.315 e. The largest absolute Gasteiger partial charge is 0.388 e. The lowest BCUT2D eigenvalue weighted by atomic mass is 9.85. The highest BCUT2D eigenvalue weighted by Gasteiger charge is 2.29. The molecule has 0 aliphatic heterocycles. The summed E-state index contributed by atoms with van der Waals surface area (Å²) in [6.45, 7) is 3.52. The van der Waals surface area contributed by atoms with Gasteiger partial charge in [-0.05, 0) is 25.8 Å². The maximum atomic E-state index is 12.0. The number of carbonyl (C=O) groups is 1. The molecule has 2 amide bonds. The van der Waals surface area contributed by atoms with Crippen LogP contribution in [-0.2, 0) is 13.1 Å². The lowest BCUT2D eigenvalue weighted by Crippen LogP contribution is -2.47. The van der Waals surface area contributed by atoms with Gasteiger partial charge in [0.1, 0.15) is 0 Å². The lowest BCUT2D eigenvalue weighted by molar-refractivity contribution is 0.00719. The normalized spacial score (nSPS) is 16.9. The molecule has 0 spiro atoms. The Hall–Kier alpha value is -2.08. The van der Waals surface area contributed by atoms with E-state index in [9.17, 15) is 9.90 Å². The van der Waals surface area contributed by atoms with E-state index in [-0.39, 0.29) is 6.03 Å². The molecule has 6 heteroatoms. The SMILES string of the molecule is CCn1nc(CNC(=O)NCC2(O)CCCCC2)c2ccccc21. The molecule has 0 saturated heterocycles. The number of hydrogen-bond donors (Lipinski definition) is 3. The summed E-state index contributed by atoms with van der Waals surface area (Å²) in [5, 5.41) is 21.7. The predicted molar refractivity (Wildman–Crippen MR) is 93.7 cm³/mol. The maximum absolute atomic E-state index is 12.0. The molecule has 3 rings (SSSR count). The van der Waals surface area contributed by atoms with Gasteiger partial charge in [-0.1, -0.05) is 37.5 Å². The number of nitrogens with zero attached hydrogens (tertiary/aromatic N) is 2. The molecule has 130 valence electrons. The fraction of sp³-hybridized carbons (Fsp3) is 0.556. The van der Waals surface area contributed by atoms with E-state index in [1.165, 1.54) is 6.42 Å². The van der Waals surface area contributed by atoms with Crippen LogP contribution in [0.4, 0.5) is 4.79 Å². The molecule has 1 aliphatic rings. The van der Waals surface area contributed by atoms with Gasteiger partial charge in [-0.15, -0.1) is 0 Å². The zero-order valence-corrected chi connectivity index (χ0v) is 14.2. The second-order valence-electron chi connectivity index (χ2n) is 6.60. The van der Waals surface area contributed by atoms with Gasteiger partial charge in [-0.25, -0.2) is 4.79 Å². The van der Waals surface area contributed by atoms with Crippen LogP contribution in [0, 0.1) is 0 Å². The number of hydrogen-bond acceptors (Lipinski definition) is 3. The molecule has 0 atom stereocenters. The zero-order valence-electron chi connectivity index (χ0n) is 14.2. The molecule has 1 saturated carbocycles. The van der Waals surface area contributed by atoms with E-state index in [0.717, 1.165) is 48.8 Å². The van der Waals surface area contributed by atoms with Crippen LogP contribution in [0.1, 0.15) is 44.7 Å². The topological polar surface area (TPSA) is 79.2 Å². The highest BCUT2D eigenvalue weighted by atomic mass is 16.3. The number of nitrogens with one attached hydrogen (secondary N) is 2. The minimum atomic E-state index is -0.744. The Morgan fingerprint density at radius 1 is 1.25 bits per heavy atom. The third kappa shape index (κ3) is 3.70. The molecule has 1 aliphatic carbocycles. The minimum Gasteiger partial charge on any atom is -0.388 e. The summed E-state index contributed by atoms with van der Waals surface area (Å²) in [4.78, 5) is 12.0. The number of carbonyl (C=O) groups excluding carboxylic acids is 1. The third-order valence-corrected chi connectivity index (χ3v) is 4.81. The highest BCUT2D eigenvalue weighted by Crippen LogP contribution is 2.27. The number of aromatic nitrogens is 2. The van der Waals surface area contributed by atoms with E-state index in [1.54, 1.807) is 0 Å². The standard InChI is InChI=1S/C18H26N4O2/c1-2-22-16-9-5-4-8-14(16)15(21-22)12-19-17(23)20-13-18(24)10-6-3-7-11-18/h4-5,8-9,24H,2-3,6-7,10-13H2,1H3,(H2,19,20,23). The van der Waals surface area contributed by atoms with Crippen LogP contribution in [0.2, 0.25) is 0 Å². The summed E-state index contributed by atoms with van der Waals surface area (Å²) in [7, 11) is 0. The van der Waals surface area contributed by atoms with E-state index in [4.69, 9.17) is 0 Å². The molecule has 1 heterocycles. The average Bonchev–Trinajstić information content (AvgIpc) is 2.97. The molecule has 1 fully saturated rings. The Morgan fingerprint density at radius 3 is 2.75 bits per heavy atom.